The van der Waals surface area contributed by atoms with Crippen LogP contribution in [0, 0.1) is 0 Å². The second-order valence-corrected chi connectivity index (χ2v) is 5.10. The van der Waals surface area contributed by atoms with Gasteiger partial charge in [0, 0.05) is 19.5 Å². The van der Waals surface area contributed by atoms with Crippen LogP contribution < -0.4 is 0 Å². The van der Waals surface area contributed by atoms with Crippen LogP contribution in [0.25, 0.3) is 0 Å². The zero-order chi connectivity index (χ0) is 12.7. The summed E-state index contributed by atoms with van der Waals surface area (Å²) in [6.07, 6.45) is 5.59. The maximum atomic E-state index is 13.0. The first-order valence-corrected chi connectivity index (χ1v) is 6.84. The van der Waals surface area contributed by atoms with Gasteiger partial charge in [0.25, 0.3) is 5.92 Å². The van der Waals surface area contributed by atoms with E-state index in [0.29, 0.717) is 6.54 Å². The first kappa shape index (κ1) is 14.8. The molecular weight excluding hydrogens is 224 g/mol. The number of hydrogen-bond donors (Lipinski definition) is 1. The fraction of sp³-hybridized carbons (Fsp3) is 1.00. The van der Waals surface area contributed by atoms with Gasteiger partial charge in [-0.05, 0) is 13.0 Å². The Balaban J connectivity index is 2.05. The molecule has 1 heterocycles. The van der Waals surface area contributed by atoms with Crippen LogP contribution in [0.15, 0.2) is 0 Å². The first-order valence-electron chi connectivity index (χ1n) is 6.84. The molecule has 1 fully saturated rings. The Bertz CT molecular complexity index is 212. The van der Waals surface area contributed by atoms with E-state index in [9.17, 15) is 13.9 Å². The van der Waals surface area contributed by atoms with E-state index >= 15 is 0 Å². The number of rotatable bonds is 7. The van der Waals surface area contributed by atoms with Gasteiger partial charge in [-0.2, -0.15) is 0 Å². The summed E-state index contributed by atoms with van der Waals surface area (Å²) < 4.78 is 26.0. The lowest BCUT2D eigenvalue weighted by atomic mass is 10.0. The van der Waals surface area contributed by atoms with Crippen LogP contribution in [0.2, 0.25) is 0 Å². The van der Waals surface area contributed by atoms with Gasteiger partial charge in [0.1, 0.15) is 6.10 Å². The molecule has 1 unspecified atom stereocenters. The van der Waals surface area contributed by atoms with E-state index in [-0.39, 0.29) is 13.0 Å². The van der Waals surface area contributed by atoms with Crippen molar-refractivity contribution in [3.8, 4) is 0 Å². The topological polar surface area (TPSA) is 23.5 Å². The monoisotopic (exact) mass is 249 g/mol. The number of aliphatic hydroxyl groups excluding tert-OH is 1. The lowest BCUT2D eigenvalue weighted by Crippen LogP contribution is -2.50. The molecule has 102 valence electrons. The Kier molecular flexibility index (Phi) is 6.34. The molecule has 1 aliphatic rings. The Labute approximate surface area is 103 Å². The van der Waals surface area contributed by atoms with Crippen LogP contribution in [0.1, 0.15) is 51.9 Å². The average molecular weight is 249 g/mol. The lowest BCUT2D eigenvalue weighted by Gasteiger charge is -2.35. The minimum absolute atomic E-state index is 0.127. The minimum Gasteiger partial charge on any atom is -0.386 e. The molecule has 0 aromatic heterocycles. The van der Waals surface area contributed by atoms with Crippen molar-refractivity contribution in [3.63, 3.8) is 0 Å². The molecule has 0 saturated carbocycles. The van der Waals surface area contributed by atoms with Crippen molar-refractivity contribution in [2.45, 2.75) is 63.9 Å². The molecule has 1 aliphatic heterocycles. The molecule has 0 radical (unpaired) electrons. The van der Waals surface area contributed by atoms with Crippen molar-refractivity contribution < 1.29 is 13.9 Å². The quantitative estimate of drug-likeness (QED) is 0.701. The van der Waals surface area contributed by atoms with E-state index in [2.05, 4.69) is 6.92 Å². The van der Waals surface area contributed by atoms with Gasteiger partial charge in [-0.3, -0.25) is 0 Å². The number of β-amino-alcohol motifs (C(OH)–C–C–N with tert-alkyl or cyclic N) is 1. The van der Waals surface area contributed by atoms with Gasteiger partial charge in [-0.25, -0.2) is 8.78 Å². The Morgan fingerprint density at radius 3 is 2.47 bits per heavy atom. The third-order valence-electron chi connectivity index (χ3n) is 3.51. The van der Waals surface area contributed by atoms with Gasteiger partial charge in [0.05, 0.1) is 0 Å². The van der Waals surface area contributed by atoms with Gasteiger partial charge in [-0.1, -0.05) is 39.0 Å². The van der Waals surface area contributed by atoms with Gasteiger partial charge in [0.2, 0.25) is 0 Å². The van der Waals surface area contributed by atoms with E-state index < -0.39 is 12.0 Å². The van der Waals surface area contributed by atoms with Gasteiger partial charge in [0.15, 0.2) is 0 Å². The number of likely N-dealkylation sites (tertiary alicyclic amines) is 1. The smallest absolute Gasteiger partial charge is 0.275 e. The molecule has 1 atom stereocenters. The molecular formula is C13H25F2NO. The van der Waals surface area contributed by atoms with Crippen LogP contribution in [0.4, 0.5) is 8.78 Å². The highest BCUT2D eigenvalue weighted by Crippen LogP contribution is 2.28. The zero-order valence-electron chi connectivity index (χ0n) is 10.8. The number of aliphatic hydroxyl groups is 1. The maximum absolute atomic E-state index is 13.0. The Morgan fingerprint density at radius 1 is 1.18 bits per heavy atom. The van der Waals surface area contributed by atoms with Crippen molar-refractivity contribution in [2.24, 2.45) is 0 Å². The maximum Gasteiger partial charge on any atom is 0.275 e. The van der Waals surface area contributed by atoms with E-state index in [0.717, 1.165) is 13.0 Å². The molecule has 0 amide bonds. The van der Waals surface area contributed by atoms with E-state index in [1.807, 2.05) is 4.90 Å². The van der Waals surface area contributed by atoms with Gasteiger partial charge >= 0.3 is 0 Å². The minimum atomic E-state index is -2.88. The van der Waals surface area contributed by atoms with Gasteiger partial charge in [-0.15, -0.1) is 0 Å². The summed E-state index contributed by atoms with van der Waals surface area (Å²) >= 11 is 0. The van der Waals surface area contributed by atoms with Crippen molar-refractivity contribution in [1.29, 1.82) is 0 Å². The van der Waals surface area contributed by atoms with Crippen molar-refractivity contribution >= 4 is 0 Å². The van der Waals surface area contributed by atoms with Crippen LogP contribution in [0.3, 0.4) is 0 Å². The highest BCUT2D eigenvalue weighted by molar-refractivity contribution is 4.85. The summed E-state index contributed by atoms with van der Waals surface area (Å²) in [5.74, 6) is -2.88. The molecule has 0 aliphatic carbocycles. The largest absolute Gasteiger partial charge is 0.386 e. The number of hydrogen-bond acceptors (Lipinski definition) is 2. The zero-order valence-corrected chi connectivity index (χ0v) is 10.8. The molecule has 0 aromatic carbocycles. The Hall–Kier alpha value is -0.220. The molecule has 1 rings (SSSR count). The fourth-order valence-corrected chi connectivity index (χ4v) is 2.26. The normalized spacial score (nSPS) is 25.1. The van der Waals surface area contributed by atoms with Crippen LogP contribution >= 0.6 is 0 Å². The summed E-state index contributed by atoms with van der Waals surface area (Å²) in [6, 6.07) is 0. The third-order valence-corrected chi connectivity index (χ3v) is 3.51. The number of unbranched alkanes of at least 4 members (excludes halogenated alkanes) is 5. The molecule has 0 aromatic rings. The molecule has 0 spiro atoms. The van der Waals surface area contributed by atoms with Crippen molar-refractivity contribution in [2.75, 3.05) is 19.6 Å². The van der Waals surface area contributed by atoms with Crippen LogP contribution in [-0.4, -0.2) is 41.7 Å². The molecule has 17 heavy (non-hydrogen) atoms. The standard InChI is InChI=1S/C13H25F2NO/c1-2-3-4-5-6-7-9-16-10-8-13(14,15)12(17)11-16/h12,17H,2-11H2,1H3. The molecule has 0 bridgehead atoms. The summed E-state index contributed by atoms with van der Waals surface area (Å²) in [5, 5.41) is 9.29. The highest BCUT2D eigenvalue weighted by atomic mass is 19.3. The average Bonchev–Trinajstić information content (AvgIpc) is 2.28. The van der Waals surface area contributed by atoms with Crippen LogP contribution in [0.5, 0.6) is 0 Å². The number of halogens is 2. The fourth-order valence-electron chi connectivity index (χ4n) is 2.26. The second-order valence-electron chi connectivity index (χ2n) is 5.10. The highest BCUT2D eigenvalue weighted by Gasteiger charge is 2.42. The summed E-state index contributed by atoms with van der Waals surface area (Å²) in [5.41, 5.74) is 0. The number of piperidine rings is 1. The Morgan fingerprint density at radius 2 is 1.82 bits per heavy atom. The number of alkyl halides is 2. The van der Waals surface area contributed by atoms with E-state index in [4.69, 9.17) is 0 Å². The lowest BCUT2D eigenvalue weighted by molar-refractivity contribution is -0.147. The molecule has 2 nitrogen and oxygen atoms in total. The molecule has 1 saturated heterocycles. The van der Waals surface area contributed by atoms with Crippen LogP contribution in [-0.2, 0) is 0 Å². The van der Waals surface area contributed by atoms with E-state index in [1.165, 1.54) is 32.1 Å². The van der Waals surface area contributed by atoms with Gasteiger partial charge < -0.3 is 10.0 Å². The predicted molar refractivity (Wildman–Crippen MR) is 65.4 cm³/mol. The number of nitrogens with zero attached hydrogens (tertiary/aromatic N) is 1. The molecule has 4 heteroatoms. The summed E-state index contributed by atoms with van der Waals surface area (Å²) in [6.45, 7) is 3.58. The summed E-state index contributed by atoms with van der Waals surface area (Å²) in [4.78, 5) is 1.96. The molecule has 1 N–H and O–H groups in total. The van der Waals surface area contributed by atoms with E-state index in [1.54, 1.807) is 0 Å². The first-order chi connectivity index (χ1) is 8.06. The second kappa shape index (κ2) is 7.27. The SMILES string of the molecule is CCCCCCCCN1CCC(F)(F)C(O)C1. The predicted octanol–water partition coefficient (Wildman–Crippen LogP) is 3.05. The summed E-state index contributed by atoms with van der Waals surface area (Å²) in [7, 11) is 0. The van der Waals surface area contributed by atoms with Crippen molar-refractivity contribution in [3.05, 3.63) is 0 Å². The van der Waals surface area contributed by atoms with Crippen molar-refractivity contribution in [1.82, 2.24) is 4.90 Å². The third kappa shape index (κ3) is 5.30.